The number of hydrogen-bond acceptors (Lipinski definition) is 3. The van der Waals surface area contributed by atoms with E-state index in [1.807, 2.05) is 97.2 Å². The molecular weight excluding hydrogens is 486 g/mol. The van der Waals surface area contributed by atoms with Gasteiger partial charge in [0.15, 0.2) is 10.9 Å². The van der Waals surface area contributed by atoms with Gasteiger partial charge in [-0.25, -0.2) is 4.98 Å². The Morgan fingerprint density at radius 2 is 1.64 bits per heavy atom. The SMILES string of the molecule is O=C(c1c[nH]c2ccccc12)C(Sc1nc2cc(Cl)ccc2n1Cc1ccccc1)c1ccccc1. The van der Waals surface area contributed by atoms with E-state index in [1.165, 1.54) is 11.8 Å². The van der Waals surface area contributed by atoms with Crippen molar-refractivity contribution in [3.05, 3.63) is 131 Å². The van der Waals surface area contributed by atoms with Crippen LogP contribution in [-0.4, -0.2) is 20.3 Å². The summed E-state index contributed by atoms with van der Waals surface area (Å²) >= 11 is 7.78. The van der Waals surface area contributed by atoms with Gasteiger partial charge in [-0.2, -0.15) is 0 Å². The number of para-hydroxylation sites is 1. The fourth-order valence-electron chi connectivity index (χ4n) is 4.51. The molecule has 2 aromatic heterocycles. The number of benzene rings is 4. The van der Waals surface area contributed by atoms with Crippen LogP contribution in [0.25, 0.3) is 21.9 Å². The number of fused-ring (bicyclic) bond motifs is 2. The van der Waals surface area contributed by atoms with Crippen molar-refractivity contribution >= 4 is 51.1 Å². The normalized spacial score (nSPS) is 12.2. The summed E-state index contributed by atoms with van der Waals surface area (Å²) in [7, 11) is 0. The lowest BCUT2D eigenvalue weighted by molar-refractivity contribution is 0.0991. The van der Waals surface area contributed by atoms with Crippen LogP contribution in [0.15, 0.2) is 114 Å². The summed E-state index contributed by atoms with van der Waals surface area (Å²) in [5.41, 5.74) is 5.52. The number of aromatic nitrogens is 3. The zero-order chi connectivity index (χ0) is 24.5. The number of hydrogen-bond donors (Lipinski definition) is 1. The Kier molecular flexibility index (Phi) is 6.09. The van der Waals surface area contributed by atoms with E-state index >= 15 is 0 Å². The topological polar surface area (TPSA) is 50.7 Å². The molecule has 0 amide bonds. The lowest BCUT2D eigenvalue weighted by Crippen LogP contribution is -2.11. The van der Waals surface area contributed by atoms with E-state index in [9.17, 15) is 4.79 Å². The Hall–Kier alpha value is -3.80. The van der Waals surface area contributed by atoms with Crippen LogP contribution >= 0.6 is 23.4 Å². The molecule has 0 aliphatic rings. The molecule has 0 bridgehead atoms. The minimum atomic E-state index is -0.466. The van der Waals surface area contributed by atoms with Crippen LogP contribution in [0.1, 0.15) is 26.7 Å². The number of rotatable bonds is 7. The third-order valence-electron chi connectivity index (χ3n) is 6.28. The van der Waals surface area contributed by atoms with Crippen LogP contribution in [0, 0.1) is 0 Å². The Morgan fingerprint density at radius 1 is 0.917 bits per heavy atom. The highest BCUT2D eigenvalue weighted by Gasteiger charge is 2.28. The van der Waals surface area contributed by atoms with Crippen LogP contribution in [0.4, 0.5) is 0 Å². The maximum absolute atomic E-state index is 14.1. The van der Waals surface area contributed by atoms with Gasteiger partial charge < -0.3 is 9.55 Å². The number of H-pyrrole nitrogens is 1. The highest BCUT2D eigenvalue weighted by Crippen LogP contribution is 2.40. The zero-order valence-electron chi connectivity index (χ0n) is 19.3. The van der Waals surface area contributed by atoms with E-state index in [2.05, 4.69) is 21.7 Å². The van der Waals surface area contributed by atoms with E-state index in [0.29, 0.717) is 17.1 Å². The summed E-state index contributed by atoms with van der Waals surface area (Å²) in [5.74, 6) is 0.0417. The summed E-state index contributed by atoms with van der Waals surface area (Å²) in [6.45, 7) is 0.643. The summed E-state index contributed by atoms with van der Waals surface area (Å²) in [5, 5.41) is 1.87. The maximum atomic E-state index is 14.1. The number of nitrogens with zero attached hydrogens (tertiary/aromatic N) is 2. The fraction of sp³-hybridized carbons (Fsp3) is 0.0667. The Balaban J connectivity index is 1.46. The first-order chi connectivity index (χ1) is 17.7. The first-order valence-corrected chi connectivity index (χ1v) is 12.9. The molecule has 1 atom stereocenters. The van der Waals surface area contributed by atoms with Crippen LogP contribution in [0.2, 0.25) is 5.02 Å². The largest absolute Gasteiger partial charge is 0.360 e. The Morgan fingerprint density at radius 3 is 2.44 bits per heavy atom. The van der Waals surface area contributed by atoms with E-state index in [-0.39, 0.29) is 5.78 Å². The smallest absolute Gasteiger partial charge is 0.182 e. The number of imidazole rings is 1. The number of carbonyl (C=O) groups excluding carboxylic acids is 1. The van der Waals surface area contributed by atoms with Gasteiger partial charge in [0.2, 0.25) is 0 Å². The molecule has 0 radical (unpaired) electrons. The van der Waals surface area contributed by atoms with E-state index in [1.54, 1.807) is 0 Å². The molecule has 4 aromatic carbocycles. The molecule has 0 aliphatic heterocycles. The standard InChI is InChI=1S/C30H22ClN3OS/c31-22-15-16-27-26(17-22)33-30(34(27)19-20-9-3-1-4-10-20)36-29(21-11-5-2-6-12-21)28(35)24-18-32-25-14-8-7-13-23(24)25/h1-18,29,32H,19H2. The molecule has 6 heteroatoms. The molecule has 6 aromatic rings. The zero-order valence-corrected chi connectivity index (χ0v) is 20.8. The molecule has 176 valence electrons. The highest BCUT2D eigenvalue weighted by molar-refractivity contribution is 8.00. The van der Waals surface area contributed by atoms with Crippen LogP contribution < -0.4 is 0 Å². The van der Waals surface area contributed by atoms with E-state index in [4.69, 9.17) is 16.6 Å². The van der Waals surface area contributed by atoms with Crippen molar-refractivity contribution in [1.82, 2.24) is 14.5 Å². The van der Waals surface area contributed by atoms with Gasteiger partial charge in [-0.1, -0.05) is 102 Å². The number of carbonyl (C=O) groups is 1. The molecule has 6 rings (SSSR count). The van der Waals surface area contributed by atoms with Crippen LogP contribution in [-0.2, 0) is 6.54 Å². The predicted octanol–water partition coefficient (Wildman–Crippen LogP) is 7.94. The number of Topliss-reactive ketones (excluding diaryl/α,β-unsaturated/α-hetero) is 1. The number of aromatic amines is 1. The van der Waals surface area contributed by atoms with Crippen molar-refractivity contribution in [2.75, 3.05) is 0 Å². The molecule has 1 unspecified atom stereocenters. The van der Waals surface area contributed by atoms with Gasteiger partial charge in [0.25, 0.3) is 0 Å². The van der Waals surface area contributed by atoms with E-state index in [0.717, 1.165) is 38.2 Å². The van der Waals surface area contributed by atoms with Gasteiger partial charge in [0.05, 0.1) is 17.6 Å². The lowest BCUT2D eigenvalue weighted by atomic mass is 10.0. The Bertz CT molecular complexity index is 1670. The molecule has 2 heterocycles. The molecule has 0 fully saturated rings. The fourth-order valence-corrected chi connectivity index (χ4v) is 5.86. The quantitative estimate of drug-likeness (QED) is 0.176. The number of nitrogens with one attached hydrogen (secondary N) is 1. The van der Waals surface area contributed by atoms with Crippen LogP contribution in [0.5, 0.6) is 0 Å². The highest BCUT2D eigenvalue weighted by atomic mass is 35.5. The van der Waals surface area contributed by atoms with Crippen LogP contribution in [0.3, 0.4) is 0 Å². The molecule has 0 saturated carbocycles. The second kappa shape index (κ2) is 9.69. The average Bonchev–Trinajstić information content (AvgIpc) is 3.49. The molecular formula is C30H22ClN3OS. The maximum Gasteiger partial charge on any atom is 0.182 e. The first kappa shape index (κ1) is 22.7. The second-order valence-electron chi connectivity index (χ2n) is 8.62. The lowest BCUT2D eigenvalue weighted by Gasteiger charge is -2.17. The van der Waals surface area contributed by atoms with Gasteiger partial charge in [0.1, 0.15) is 5.25 Å². The van der Waals surface area contributed by atoms with Crippen molar-refractivity contribution in [3.63, 3.8) is 0 Å². The Labute approximate surface area is 217 Å². The number of ketones is 1. The van der Waals surface area contributed by atoms with Crippen molar-refractivity contribution < 1.29 is 4.79 Å². The molecule has 1 N–H and O–H groups in total. The predicted molar refractivity (Wildman–Crippen MR) is 148 cm³/mol. The van der Waals surface area contributed by atoms with Crippen molar-refractivity contribution in [1.29, 1.82) is 0 Å². The summed E-state index contributed by atoms with van der Waals surface area (Å²) in [6, 6.07) is 33.8. The number of thioether (sulfide) groups is 1. The summed E-state index contributed by atoms with van der Waals surface area (Å²) < 4.78 is 2.17. The van der Waals surface area contributed by atoms with Crippen molar-refractivity contribution in [2.24, 2.45) is 0 Å². The van der Waals surface area contributed by atoms with Gasteiger partial charge in [-0.15, -0.1) is 0 Å². The van der Waals surface area contributed by atoms with Crippen molar-refractivity contribution in [3.8, 4) is 0 Å². The molecule has 0 aliphatic carbocycles. The van der Waals surface area contributed by atoms with Gasteiger partial charge in [-0.3, -0.25) is 4.79 Å². The van der Waals surface area contributed by atoms with Gasteiger partial charge in [0, 0.05) is 27.7 Å². The van der Waals surface area contributed by atoms with Gasteiger partial charge >= 0.3 is 0 Å². The minimum Gasteiger partial charge on any atom is -0.360 e. The molecule has 36 heavy (non-hydrogen) atoms. The van der Waals surface area contributed by atoms with E-state index < -0.39 is 5.25 Å². The minimum absolute atomic E-state index is 0.0417. The third-order valence-corrected chi connectivity index (χ3v) is 7.76. The number of halogens is 1. The first-order valence-electron chi connectivity index (χ1n) is 11.7. The molecule has 0 spiro atoms. The molecule has 4 nitrogen and oxygen atoms in total. The average molecular weight is 508 g/mol. The summed E-state index contributed by atoms with van der Waals surface area (Å²) in [4.78, 5) is 22.3. The summed E-state index contributed by atoms with van der Waals surface area (Å²) in [6.07, 6.45) is 1.82. The van der Waals surface area contributed by atoms with Gasteiger partial charge in [-0.05, 0) is 35.4 Å². The third kappa shape index (κ3) is 4.32. The monoisotopic (exact) mass is 507 g/mol. The van der Waals surface area contributed by atoms with Crippen molar-refractivity contribution in [2.45, 2.75) is 17.0 Å². The second-order valence-corrected chi connectivity index (χ2v) is 10.1. The molecule has 0 saturated heterocycles.